The molecule has 5 atom stereocenters. The van der Waals surface area contributed by atoms with Gasteiger partial charge in [-0.25, -0.2) is 0 Å². The van der Waals surface area contributed by atoms with Gasteiger partial charge in [-0.3, -0.25) is 14.4 Å². The SMILES string of the molecule is COc1ccc([Si](C)(C)[C@H]2[C@H](CCn3cc(C(CO)c4ccccc4)nn3)O[C@@]3(C(=O)N(c4ccccc4)c4ccc(I)cc43)[C@@H]2C)cc1. The van der Waals surface area contributed by atoms with Gasteiger partial charge in [-0.05, 0) is 82.6 Å². The number of aromatic nitrogens is 3. The van der Waals surface area contributed by atoms with Gasteiger partial charge in [0.05, 0.1) is 45.2 Å². The number of hydrogen-bond donors (Lipinski definition) is 1. The van der Waals surface area contributed by atoms with Gasteiger partial charge in [-0.15, -0.1) is 5.10 Å². The van der Waals surface area contributed by atoms with Crippen LogP contribution in [-0.2, 0) is 21.7 Å². The van der Waals surface area contributed by atoms with Crippen LogP contribution in [-0.4, -0.2) is 53.9 Å². The molecule has 4 aromatic carbocycles. The molecule has 7 rings (SSSR count). The fourth-order valence-electron chi connectivity index (χ4n) is 8.21. The molecule has 0 bridgehead atoms. The average molecular weight is 785 g/mol. The van der Waals surface area contributed by atoms with Gasteiger partial charge in [0.2, 0.25) is 0 Å². The van der Waals surface area contributed by atoms with E-state index in [1.54, 1.807) is 7.11 Å². The van der Waals surface area contributed by atoms with Crippen LogP contribution in [0.2, 0.25) is 18.6 Å². The standard InChI is InChI=1S/C39H41IN4O4Si/c1-26-37(49(3,4)31-18-16-30(47-2)17-19-31)36(21-22-43-24-34(41-42-43)32(25-45)27-11-7-5-8-12-27)48-39(26)33-23-28(40)15-20-35(33)44(38(39)46)29-13-9-6-10-14-29/h5-20,23-24,26,32,36-37,45H,21-22,25H2,1-4H3/t26-,32?,36+,37-,39+/m1/s1. The van der Waals surface area contributed by atoms with Crippen molar-refractivity contribution in [2.24, 2.45) is 5.92 Å². The van der Waals surface area contributed by atoms with Crippen molar-refractivity contribution in [2.75, 3.05) is 18.6 Å². The summed E-state index contributed by atoms with van der Waals surface area (Å²) in [5.41, 5.74) is 3.33. The molecule has 0 aliphatic carbocycles. The van der Waals surface area contributed by atoms with Gasteiger partial charge in [0.25, 0.3) is 5.91 Å². The zero-order valence-corrected chi connectivity index (χ0v) is 31.3. The number of para-hydroxylation sites is 1. The monoisotopic (exact) mass is 784 g/mol. The molecule has 5 aromatic rings. The van der Waals surface area contributed by atoms with Crippen LogP contribution in [0.4, 0.5) is 11.4 Å². The number of anilines is 2. The first-order chi connectivity index (χ1) is 23.7. The highest BCUT2D eigenvalue weighted by Gasteiger charge is 2.66. The molecule has 1 aromatic heterocycles. The van der Waals surface area contributed by atoms with Gasteiger partial charge >= 0.3 is 0 Å². The molecule has 1 fully saturated rings. The highest BCUT2D eigenvalue weighted by molar-refractivity contribution is 14.1. The Bertz CT molecular complexity index is 1940. The number of halogens is 1. The average Bonchev–Trinajstić information content (AvgIpc) is 3.78. The fraction of sp³-hybridized carbons (Fsp3) is 0.308. The Kier molecular flexibility index (Phi) is 9.24. The van der Waals surface area contributed by atoms with E-state index in [0.29, 0.717) is 13.0 Å². The Morgan fingerprint density at radius 3 is 2.37 bits per heavy atom. The highest BCUT2D eigenvalue weighted by Crippen LogP contribution is 2.61. The zero-order valence-electron chi connectivity index (χ0n) is 28.2. The second-order valence-electron chi connectivity index (χ2n) is 13.6. The number of carbonyl (C=O) groups excluding carboxylic acids is 1. The van der Waals surface area contributed by atoms with Crippen molar-refractivity contribution < 1.29 is 19.4 Å². The summed E-state index contributed by atoms with van der Waals surface area (Å²) >= 11 is 2.34. The van der Waals surface area contributed by atoms with Crippen molar-refractivity contribution >= 4 is 53.1 Å². The molecular formula is C39H41IN4O4Si. The van der Waals surface area contributed by atoms with Gasteiger partial charge in [0.1, 0.15) is 5.75 Å². The topological polar surface area (TPSA) is 89.7 Å². The summed E-state index contributed by atoms with van der Waals surface area (Å²) in [6, 6.07) is 34.5. The summed E-state index contributed by atoms with van der Waals surface area (Å²) in [6.45, 7) is 7.52. The molecule has 1 unspecified atom stereocenters. The highest BCUT2D eigenvalue weighted by atomic mass is 127. The number of carbonyl (C=O) groups is 1. The normalized spacial score (nSPS) is 22.4. The molecule has 252 valence electrons. The predicted molar refractivity (Wildman–Crippen MR) is 202 cm³/mol. The number of benzene rings is 4. The third kappa shape index (κ3) is 5.82. The lowest BCUT2D eigenvalue weighted by Crippen LogP contribution is -2.51. The molecule has 49 heavy (non-hydrogen) atoms. The number of amides is 1. The number of aliphatic hydroxyl groups excluding tert-OH is 1. The van der Waals surface area contributed by atoms with Crippen LogP contribution in [0.3, 0.4) is 0 Å². The maximum absolute atomic E-state index is 15.0. The van der Waals surface area contributed by atoms with E-state index in [2.05, 4.69) is 83.3 Å². The number of methoxy groups -OCH3 is 1. The number of rotatable bonds is 10. The molecule has 1 N–H and O–H groups in total. The van der Waals surface area contributed by atoms with Crippen molar-refractivity contribution in [3.8, 4) is 5.75 Å². The summed E-state index contributed by atoms with van der Waals surface area (Å²) in [5, 5.41) is 20.5. The Labute approximate surface area is 302 Å². The van der Waals surface area contributed by atoms with Gasteiger partial charge in [-0.2, -0.15) is 0 Å². The Hall–Kier alpha value is -3.84. The largest absolute Gasteiger partial charge is 0.497 e. The molecular weight excluding hydrogens is 743 g/mol. The molecule has 3 heterocycles. The van der Waals surface area contributed by atoms with E-state index < -0.39 is 13.7 Å². The van der Waals surface area contributed by atoms with Crippen molar-refractivity contribution in [1.29, 1.82) is 0 Å². The number of ether oxygens (including phenoxy) is 2. The number of aliphatic hydroxyl groups is 1. The number of aryl methyl sites for hydroxylation is 1. The van der Waals surface area contributed by atoms with E-state index in [-0.39, 0.29) is 36.0 Å². The summed E-state index contributed by atoms with van der Waals surface area (Å²) in [7, 11) is -0.614. The molecule has 0 saturated carbocycles. The number of hydrogen-bond acceptors (Lipinski definition) is 6. The fourth-order valence-corrected chi connectivity index (χ4v) is 12.8. The van der Waals surface area contributed by atoms with Gasteiger partial charge in [0.15, 0.2) is 5.60 Å². The Morgan fingerprint density at radius 1 is 1.00 bits per heavy atom. The quantitative estimate of drug-likeness (QED) is 0.121. The van der Waals surface area contributed by atoms with E-state index in [0.717, 1.165) is 37.5 Å². The second kappa shape index (κ2) is 13.5. The second-order valence-corrected chi connectivity index (χ2v) is 19.6. The van der Waals surface area contributed by atoms with Crippen molar-refractivity contribution in [3.05, 3.63) is 130 Å². The molecule has 2 aliphatic rings. The summed E-state index contributed by atoms with van der Waals surface area (Å²) < 4.78 is 15.7. The van der Waals surface area contributed by atoms with E-state index >= 15 is 4.79 Å². The van der Waals surface area contributed by atoms with Crippen LogP contribution in [0.1, 0.15) is 36.1 Å². The lowest BCUT2D eigenvalue weighted by atomic mass is 9.82. The Balaban J connectivity index is 1.27. The minimum Gasteiger partial charge on any atom is -0.497 e. The molecule has 8 nitrogen and oxygen atoms in total. The summed E-state index contributed by atoms with van der Waals surface area (Å²) in [4.78, 5) is 16.9. The van der Waals surface area contributed by atoms with Crippen molar-refractivity contribution in [1.82, 2.24) is 15.0 Å². The van der Waals surface area contributed by atoms with Crippen molar-refractivity contribution in [3.63, 3.8) is 0 Å². The minimum atomic E-state index is -2.30. The third-order valence-corrected chi connectivity index (χ3v) is 15.7. The number of fused-ring (bicyclic) bond motifs is 2. The first kappa shape index (κ1) is 33.6. The Morgan fingerprint density at radius 2 is 1.69 bits per heavy atom. The lowest BCUT2D eigenvalue weighted by molar-refractivity contribution is -0.145. The molecule has 2 aliphatic heterocycles. The van der Waals surface area contributed by atoms with E-state index in [4.69, 9.17) is 9.47 Å². The minimum absolute atomic E-state index is 0.0353. The molecule has 1 saturated heterocycles. The van der Waals surface area contributed by atoms with Crippen LogP contribution >= 0.6 is 22.6 Å². The van der Waals surface area contributed by atoms with E-state index in [1.165, 1.54) is 5.19 Å². The van der Waals surface area contributed by atoms with Gasteiger partial charge in [0, 0.05) is 33.5 Å². The molecule has 1 spiro atoms. The van der Waals surface area contributed by atoms with Crippen molar-refractivity contribution in [2.45, 2.75) is 56.1 Å². The molecule has 0 radical (unpaired) electrons. The predicted octanol–water partition coefficient (Wildman–Crippen LogP) is 7.00. The maximum Gasteiger partial charge on any atom is 0.268 e. The zero-order chi connectivity index (χ0) is 34.3. The van der Waals surface area contributed by atoms with Gasteiger partial charge in [-0.1, -0.05) is 91.1 Å². The molecule has 1 amide bonds. The lowest BCUT2D eigenvalue weighted by Gasteiger charge is -2.37. The maximum atomic E-state index is 15.0. The van der Waals surface area contributed by atoms with E-state index in [9.17, 15) is 5.11 Å². The third-order valence-electron chi connectivity index (χ3n) is 10.7. The van der Waals surface area contributed by atoms with Crippen LogP contribution in [0, 0.1) is 9.49 Å². The summed E-state index contributed by atoms with van der Waals surface area (Å²) in [5.74, 6) is 0.424. The number of nitrogens with zero attached hydrogens (tertiary/aromatic N) is 4. The van der Waals surface area contributed by atoms with E-state index in [1.807, 2.05) is 88.6 Å². The molecule has 10 heteroatoms. The van der Waals surface area contributed by atoms with Crippen LogP contribution in [0.5, 0.6) is 5.75 Å². The van der Waals surface area contributed by atoms with Gasteiger partial charge < -0.3 is 14.6 Å². The van der Waals surface area contributed by atoms with Crippen LogP contribution in [0.15, 0.2) is 109 Å². The first-order valence-electron chi connectivity index (χ1n) is 16.8. The summed E-state index contributed by atoms with van der Waals surface area (Å²) in [6.07, 6.45) is 2.36. The first-order valence-corrected chi connectivity index (χ1v) is 20.9. The van der Waals surface area contributed by atoms with Crippen LogP contribution in [0.25, 0.3) is 0 Å². The van der Waals surface area contributed by atoms with Crippen LogP contribution < -0.4 is 14.8 Å². The smallest absolute Gasteiger partial charge is 0.268 e.